The maximum absolute atomic E-state index is 11.9. The zero-order valence-electron chi connectivity index (χ0n) is 12.0. The number of carbonyl (C=O) groups excluding carboxylic acids is 1. The summed E-state index contributed by atoms with van der Waals surface area (Å²) in [5.41, 5.74) is 1.11. The van der Waals surface area contributed by atoms with Crippen LogP contribution in [0.1, 0.15) is 37.7 Å². The molecule has 20 heavy (non-hydrogen) atoms. The zero-order chi connectivity index (χ0) is 14.4. The van der Waals surface area contributed by atoms with Crippen LogP contribution in [-0.2, 0) is 4.79 Å². The van der Waals surface area contributed by atoms with Crippen LogP contribution in [0, 0.1) is 12.8 Å². The van der Waals surface area contributed by atoms with E-state index in [9.17, 15) is 4.79 Å². The molecule has 1 aromatic carbocycles. The Kier molecular flexibility index (Phi) is 5.72. The highest BCUT2D eigenvalue weighted by atomic mass is 35.5. The molecule has 0 aromatic heterocycles. The zero-order valence-corrected chi connectivity index (χ0v) is 12.7. The van der Waals surface area contributed by atoms with Crippen LogP contribution >= 0.6 is 11.6 Å². The number of ether oxygens (including phenoxy) is 1. The molecule has 2 rings (SSSR count). The molecule has 0 atom stereocenters. The fourth-order valence-corrected chi connectivity index (χ4v) is 2.74. The lowest BCUT2D eigenvalue weighted by molar-refractivity contribution is -0.126. The topological polar surface area (TPSA) is 38.3 Å². The molecular weight excluding hydrogens is 274 g/mol. The van der Waals surface area contributed by atoms with Crippen molar-refractivity contribution in [1.82, 2.24) is 5.32 Å². The summed E-state index contributed by atoms with van der Waals surface area (Å²) in [6.45, 7) is 2.97. The van der Waals surface area contributed by atoms with Gasteiger partial charge in [0.25, 0.3) is 0 Å². The van der Waals surface area contributed by atoms with Gasteiger partial charge in [0.15, 0.2) is 0 Å². The summed E-state index contributed by atoms with van der Waals surface area (Å²) in [7, 11) is 0. The van der Waals surface area contributed by atoms with Crippen LogP contribution in [0.5, 0.6) is 5.75 Å². The van der Waals surface area contributed by atoms with Crippen molar-refractivity contribution < 1.29 is 9.53 Å². The molecule has 1 N–H and O–H groups in total. The van der Waals surface area contributed by atoms with Crippen molar-refractivity contribution in [3.8, 4) is 5.75 Å². The molecule has 110 valence electrons. The highest BCUT2D eigenvalue weighted by Gasteiger charge is 2.20. The largest absolute Gasteiger partial charge is 0.490 e. The molecule has 1 amide bonds. The van der Waals surface area contributed by atoms with Gasteiger partial charge in [0.2, 0.25) is 5.91 Å². The Morgan fingerprint density at radius 3 is 2.85 bits per heavy atom. The Labute approximate surface area is 125 Å². The van der Waals surface area contributed by atoms with Gasteiger partial charge < -0.3 is 10.1 Å². The van der Waals surface area contributed by atoms with Crippen molar-refractivity contribution in [3.63, 3.8) is 0 Å². The van der Waals surface area contributed by atoms with E-state index in [4.69, 9.17) is 16.3 Å². The number of halogens is 1. The van der Waals surface area contributed by atoms with Gasteiger partial charge in [-0.2, -0.15) is 0 Å². The Hall–Kier alpha value is -1.22. The van der Waals surface area contributed by atoms with Gasteiger partial charge in [-0.25, -0.2) is 0 Å². The Bertz CT molecular complexity index is 456. The quantitative estimate of drug-likeness (QED) is 0.841. The first-order valence-electron chi connectivity index (χ1n) is 7.33. The number of amides is 1. The van der Waals surface area contributed by atoms with Crippen LogP contribution in [0.25, 0.3) is 0 Å². The molecule has 0 saturated heterocycles. The molecule has 0 unspecified atom stereocenters. The van der Waals surface area contributed by atoms with E-state index in [2.05, 4.69) is 5.32 Å². The van der Waals surface area contributed by atoms with Crippen molar-refractivity contribution in [2.75, 3.05) is 13.2 Å². The Morgan fingerprint density at radius 2 is 2.10 bits per heavy atom. The maximum atomic E-state index is 11.9. The lowest BCUT2D eigenvalue weighted by atomic mass is 9.89. The van der Waals surface area contributed by atoms with Crippen LogP contribution in [-0.4, -0.2) is 19.1 Å². The summed E-state index contributed by atoms with van der Waals surface area (Å²) < 4.78 is 5.61. The third-order valence-electron chi connectivity index (χ3n) is 3.72. The van der Waals surface area contributed by atoms with E-state index in [1.807, 2.05) is 25.1 Å². The normalized spacial score (nSPS) is 15.9. The van der Waals surface area contributed by atoms with Crippen molar-refractivity contribution in [2.45, 2.75) is 39.0 Å². The van der Waals surface area contributed by atoms with Crippen molar-refractivity contribution >= 4 is 17.5 Å². The Balaban J connectivity index is 1.70. The predicted molar refractivity (Wildman–Crippen MR) is 81.3 cm³/mol. The summed E-state index contributed by atoms with van der Waals surface area (Å²) in [6.07, 6.45) is 5.66. The summed E-state index contributed by atoms with van der Waals surface area (Å²) >= 11 is 6.05. The minimum Gasteiger partial charge on any atom is -0.490 e. The smallest absolute Gasteiger partial charge is 0.223 e. The number of hydrogen-bond donors (Lipinski definition) is 1. The molecule has 1 aliphatic carbocycles. The van der Waals surface area contributed by atoms with Gasteiger partial charge in [0.05, 0.1) is 11.6 Å². The fraction of sp³-hybridized carbons (Fsp3) is 0.562. The second-order valence-electron chi connectivity index (χ2n) is 5.41. The van der Waals surface area contributed by atoms with E-state index >= 15 is 0 Å². The van der Waals surface area contributed by atoms with Gasteiger partial charge in [0.1, 0.15) is 12.4 Å². The second kappa shape index (κ2) is 7.53. The highest BCUT2D eigenvalue weighted by Crippen LogP contribution is 2.25. The minimum atomic E-state index is 0.170. The molecule has 3 nitrogen and oxygen atoms in total. The van der Waals surface area contributed by atoms with Crippen molar-refractivity contribution in [3.05, 3.63) is 28.8 Å². The fourth-order valence-electron chi connectivity index (χ4n) is 2.57. The molecule has 4 heteroatoms. The summed E-state index contributed by atoms with van der Waals surface area (Å²) in [5.74, 6) is 1.05. The molecule has 1 fully saturated rings. The number of nitrogens with one attached hydrogen (secondary N) is 1. The van der Waals surface area contributed by atoms with Crippen LogP contribution in [0.2, 0.25) is 5.02 Å². The van der Waals surface area contributed by atoms with E-state index in [0.717, 1.165) is 18.4 Å². The van der Waals surface area contributed by atoms with Gasteiger partial charge >= 0.3 is 0 Å². The number of aryl methyl sites for hydroxylation is 1. The molecule has 0 bridgehead atoms. The third kappa shape index (κ3) is 4.41. The SMILES string of the molecule is Cc1ccc(Cl)c(OCCNC(=O)C2CCCCC2)c1. The molecule has 0 aliphatic heterocycles. The predicted octanol–water partition coefficient (Wildman–Crippen LogP) is 3.72. The van der Waals surface area contributed by atoms with Crippen LogP contribution < -0.4 is 10.1 Å². The first-order valence-corrected chi connectivity index (χ1v) is 7.71. The summed E-state index contributed by atoms with van der Waals surface area (Å²) in [4.78, 5) is 11.9. The van der Waals surface area contributed by atoms with Crippen molar-refractivity contribution in [2.24, 2.45) is 5.92 Å². The van der Waals surface area contributed by atoms with E-state index < -0.39 is 0 Å². The minimum absolute atomic E-state index is 0.170. The number of rotatable bonds is 5. The molecule has 1 aromatic rings. The summed E-state index contributed by atoms with van der Waals surface area (Å²) in [6, 6.07) is 5.68. The first-order chi connectivity index (χ1) is 9.66. The molecular formula is C16H22ClNO2. The molecule has 1 saturated carbocycles. The average Bonchev–Trinajstić information content (AvgIpc) is 2.47. The van der Waals surface area contributed by atoms with E-state index in [0.29, 0.717) is 23.9 Å². The number of benzene rings is 1. The van der Waals surface area contributed by atoms with Crippen molar-refractivity contribution in [1.29, 1.82) is 0 Å². The van der Waals surface area contributed by atoms with E-state index in [-0.39, 0.29) is 11.8 Å². The first kappa shape index (κ1) is 15.2. The van der Waals surface area contributed by atoms with Crippen LogP contribution in [0.3, 0.4) is 0 Å². The third-order valence-corrected chi connectivity index (χ3v) is 4.03. The van der Waals surface area contributed by atoms with Gasteiger partial charge in [-0.3, -0.25) is 4.79 Å². The number of hydrogen-bond acceptors (Lipinski definition) is 2. The van der Waals surface area contributed by atoms with E-state index in [1.54, 1.807) is 0 Å². The maximum Gasteiger partial charge on any atom is 0.223 e. The lowest BCUT2D eigenvalue weighted by Gasteiger charge is -2.20. The average molecular weight is 296 g/mol. The van der Waals surface area contributed by atoms with E-state index in [1.165, 1.54) is 19.3 Å². The Morgan fingerprint density at radius 1 is 1.35 bits per heavy atom. The lowest BCUT2D eigenvalue weighted by Crippen LogP contribution is -2.34. The standard InChI is InChI=1S/C16H22ClNO2/c1-12-7-8-14(17)15(11-12)20-10-9-18-16(19)13-5-3-2-4-6-13/h7-8,11,13H,2-6,9-10H2,1H3,(H,18,19). The molecule has 0 spiro atoms. The van der Waals surface area contributed by atoms with Crippen LogP contribution in [0.4, 0.5) is 0 Å². The molecule has 0 radical (unpaired) electrons. The second-order valence-corrected chi connectivity index (χ2v) is 5.82. The van der Waals surface area contributed by atoms with Gasteiger partial charge in [-0.15, -0.1) is 0 Å². The van der Waals surface area contributed by atoms with Crippen LogP contribution in [0.15, 0.2) is 18.2 Å². The number of carbonyl (C=O) groups is 1. The summed E-state index contributed by atoms with van der Waals surface area (Å²) in [5, 5.41) is 3.56. The molecule has 1 aliphatic rings. The monoisotopic (exact) mass is 295 g/mol. The van der Waals surface area contributed by atoms with Gasteiger partial charge in [-0.1, -0.05) is 36.9 Å². The molecule has 0 heterocycles. The van der Waals surface area contributed by atoms with Gasteiger partial charge in [0, 0.05) is 5.92 Å². The van der Waals surface area contributed by atoms with Gasteiger partial charge in [-0.05, 0) is 37.5 Å². The highest BCUT2D eigenvalue weighted by molar-refractivity contribution is 6.32.